The third-order valence-corrected chi connectivity index (χ3v) is 3.53. The Balaban J connectivity index is 1.94. The number of aliphatic hydroxyl groups is 2. The fraction of sp³-hybridized carbons (Fsp3) is 0.438. The van der Waals surface area contributed by atoms with Crippen molar-refractivity contribution in [1.29, 1.82) is 0 Å². The number of nitrogens with zero attached hydrogens (tertiary/aromatic N) is 1. The molecule has 0 bridgehead atoms. The van der Waals surface area contributed by atoms with E-state index in [9.17, 15) is 9.90 Å². The van der Waals surface area contributed by atoms with Crippen LogP contribution in [0.3, 0.4) is 0 Å². The molecule has 0 unspecified atom stereocenters. The maximum Gasteiger partial charge on any atom is 0.410 e. The summed E-state index contributed by atoms with van der Waals surface area (Å²) in [6.45, 7) is 0.670. The number of carbonyl (C=O) groups is 1. The van der Waals surface area contributed by atoms with Crippen LogP contribution in [0.4, 0.5) is 4.79 Å². The molecule has 2 N–H and O–H groups in total. The van der Waals surface area contributed by atoms with Crippen molar-refractivity contribution in [2.75, 3.05) is 13.2 Å². The largest absolute Gasteiger partial charge is 0.445 e. The first-order chi connectivity index (χ1) is 10.2. The monoisotopic (exact) mass is 291 g/mol. The molecule has 1 heterocycles. The molecule has 0 radical (unpaired) electrons. The Morgan fingerprint density at radius 3 is 2.81 bits per heavy atom. The highest BCUT2D eigenvalue weighted by Gasteiger charge is 2.31. The molecule has 1 aromatic carbocycles. The molecule has 0 aliphatic carbocycles. The van der Waals surface area contributed by atoms with Gasteiger partial charge < -0.3 is 14.9 Å². The second kappa shape index (κ2) is 7.81. The number of benzene rings is 1. The lowest BCUT2D eigenvalue weighted by atomic mass is 10.0. The van der Waals surface area contributed by atoms with Crippen molar-refractivity contribution in [1.82, 2.24) is 4.90 Å². The van der Waals surface area contributed by atoms with Gasteiger partial charge in [-0.05, 0) is 18.4 Å². The number of hydrogen-bond acceptors (Lipinski definition) is 4. The Bertz CT molecular complexity index is 474. The minimum Gasteiger partial charge on any atom is -0.445 e. The Morgan fingerprint density at radius 2 is 2.10 bits per heavy atom. The van der Waals surface area contributed by atoms with Crippen molar-refractivity contribution in [2.45, 2.75) is 31.6 Å². The third kappa shape index (κ3) is 4.31. The molecule has 0 spiro atoms. The lowest BCUT2D eigenvalue weighted by molar-refractivity contribution is 0.0406. The van der Waals surface area contributed by atoms with Crippen LogP contribution in [-0.4, -0.2) is 46.5 Å². The third-order valence-electron chi connectivity index (χ3n) is 3.53. The first-order valence-electron chi connectivity index (χ1n) is 7.15. The maximum atomic E-state index is 12.2. The average molecular weight is 291 g/mol. The van der Waals surface area contributed by atoms with E-state index in [2.05, 4.69) is 0 Å². The zero-order valence-electron chi connectivity index (χ0n) is 11.9. The summed E-state index contributed by atoms with van der Waals surface area (Å²) in [4.78, 5) is 13.7. The van der Waals surface area contributed by atoms with Gasteiger partial charge in [0.25, 0.3) is 0 Å². The lowest BCUT2D eigenvalue weighted by Gasteiger charge is -2.35. The highest BCUT2D eigenvalue weighted by molar-refractivity contribution is 5.68. The minimum atomic E-state index is -0.713. The van der Waals surface area contributed by atoms with Crippen molar-refractivity contribution in [3.63, 3.8) is 0 Å². The molecule has 0 saturated carbocycles. The molecule has 1 amide bonds. The molecule has 0 aromatic heterocycles. The predicted octanol–water partition coefficient (Wildman–Crippen LogP) is 1.70. The van der Waals surface area contributed by atoms with Gasteiger partial charge in [-0.1, -0.05) is 42.5 Å². The first kappa shape index (κ1) is 15.5. The molecule has 114 valence electrons. The zero-order valence-corrected chi connectivity index (χ0v) is 11.9. The molecule has 5 nitrogen and oxygen atoms in total. The van der Waals surface area contributed by atoms with E-state index in [0.29, 0.717) is 19.4 Å². The van der Waals surface area contributed by atoms with Crippen LogP contribution in [0.2, 0.25) is 0 Å². The summed E-state index contributed by atoms with van der Waals surface area (Å²) in [6, 6.07) is 9.12. The van der Waals surface area contributed by atoms with Crippen molar-refractivity contribution < 1.29 is 19.7 Å². The van der Waals surface area contributed by atoms with E-state index >= 15 is 0 Å². The first-order valence-corrected chi connectivity index (χ1v) is 7.15. The summed E-state index contributed by atoms with van der Waals surface area (Å²) in [7, 11) is 0. The summed E-state index contributed by atoms with van der Waals surface area (Å²) in [5.41, 5.74) is 0.922. The minimum absolute atomic E-state index is 0.0415. The van der Waals surface area contributed by atoms with Gasteiger partial charge in [-0.15, -0.1) is 0 Å². The quantitative estimate of drug-likeness (QED) is 0.810. The highest BCUT2D eigenvalue weighted by atomic mass is 16.6. The normalized spacial score (nSPS) is 21.3. The van der Waals surface area contributed by atoms with Gasteiger partial charge in [-0.2, -0.15) is 0 Å². The van der Waals surface area contributed by atoms with Crippen molar-refractivity contribution in [2.24, 2.45) is 0 Å². The van der Waals surface area contributed by atoms with Gasteiger partial charge in [0, 0.05) is 13.2 Å². The fourth-order valence-corrected chi connectivity index (χ4v) is 2.40. The number of rotatable bonds is 5. The van der Waals surface area contributed by atoms with Gasteiger partial charge in [0.05, 0.1) is 12.1 Å². The van der Waals surface area contributed by atoms with Crippen molar-refractivity contribution >= 4 is 6.09 Å². The second-order valence-corrected chi connectivity index (χ2v) is 5.04. The van der Waals surface area contributed by atoms with Crippen molar-refractivity contribution in [3.05, 3.63) is 48.0 Å². The molecule has 2 atom stereocenters. The number of hydrogen-bond donors (Lipinski definition) is 2. The van der Waals surface area contributed by atoms with E-state index < -0.39 is 12.2 Å². The van der Waals surface area contributed by atoms with Crippen LogP contribution in [0.15, 0.2) is 42.5 Å². The summed E-state index contributed by atoms with van der Waals surface area (Å²) < 4.78 is 5.31. The van der Waals surface area contributed by atoms with E-state index in [1.165, 1.54) is 4.90 Å². The van der Waals surface area contributed by atoms with Crippen LogP contribution in [0.5, 0.6) is 0 Å². The molecule has 21 heavy (non-hydrogen) atoms. The molecular weight excluding hydrogens is 270 g/mol. The topological polar surface area (TPSA) is 70.0 Å². The Labute approximate surface area is 124 Å². The Hall–Kier alpha value is -1.85. The summed E-state index contributed by atoms with van der Waals surface area (Å²) >= 11 is 0. The van der Waals surface area contributed by atoms with Gasteiger partial charge in [-0.25, -0.2) is 4.79 Å². The van der Waals surface area contributed by atoms with Crippen molar-refractivity contribution in [3.8, 4) is 0 Å². The molecular formula is C16H21NO4. The Kier molecular flexibility index (Phi) is 5.78. The van der Waals surface area contributed by atoms with Crippen LogP contribution < -0.4 is 0 Å². The van der Waals surface area contributed by atoms with E-state index in [1.54, 1.807) is 12.2 Å². The Morgan fingerprint density at radius 1 is 1.33 bits per heavy atom. The van der Waals surface area contributed by atoms with Crippen LogP contribution in [-0.2, 0) is 11.3 Å². The van der Waals surface area contributed by atoms with Gasteiger partial charge >= 0.3 is 6.09 Å². The van der Waals surface area contributed by atoms with Gasteiger partial charge in [0.15, 0.2) is 0 Å². The van der Waals surface area contributed by atoms with Crippen LogP contribution in [0, 0.1) is 0 Å². The van der Waals surface area contributed by atoms with E-state index in [1.807, 2.05) is 30.3 Å². The smallest absolute Gasteiger partial charge is 0.410 e. The number of carbonyl (C=O) groups excluding carboxylic acids is 1. The standard InChI is InChI=1S/C16H21NO4/c18-11-5-8-14-15(19)9-4-10-17(14)16(20)21-12-13-6-2-1-3-7-13/h1-4,6-7,9,14-15,18-19H,5,8,10-12H2/t14-,15+/m1/s1. The maximum absolute atomic E-state index is 12.2. The lowest BCUT2D eigenvalue weighted by Crippen LogP contribution is -2.49. The average Bonchev–Trinajstić information content (AvgIpc) is 2.52. The molecule has 0 fully saturated rings. The molecule has 0 saturated heterocycles. The number of ether oxygens (including phenoxy) is 1. The summed E-state index contributed by atoms with van der Waals surface area (Å²) in [6.07, 6.45) is 3.37. The highest BCUT2D eigenvalue weighted by Crippen LogP contribution is 2.18. The SMILES string of the molecule is O=C(OCc1ccccc1)N1CC=C[C@H](O)[C@H]1CCCO. The van der Waals surface area contributed by atoms with Crippen LogP contribution in [0.1, 0.15) is 18.4 Å². The molecule has 2 rings (SSSR count). The van der Waals surface area contributed by atoms with Crippen LogP contribution >= 0.6 is 0 Å². The molecule has 1 aliphatic rings. The summed E-state index contributed by atoms with van der Waals surface area (Å²) in [5.74, 6) is 0. The van der Waals surface area contributed by atoms with Gasteiger partial charge in [-0.3, -0.25) is 4.90 Å². The molecule has 1 aliphatic heterocycles. The predicted molar refractivity (Wildman–Crippen MR) is 78.6 cm³/mol. The zero-order chi connectivity index (χ0) is 15.1. The second-order valence-electron chi connectivity index (χ2n) is 5.04. The van der Waals surface area contributed by atoms with E-state index in [4.69, 9.17) is 9.84 Å². The number of amides is 1. The fourth-order valence-electron chi connectivity index (χ4n) is 2.40. The van der Waals surface area contributed by atoms with Crippen LogP contribution in [0.25, 0.3) is 0 Å². The van der Waals surface area contributed by atoms with E-state index in [-0.39, 0.29) is 19.3 Å². The van der Waals surface area contributed by atoms with Gasteiger partial charge in [0.2, 0.25) is 0 Å². The number of aliphatic hydroxyl groups excluding tert-OH is 2. The van der Waals surface area contributed by atoms with E-state index in [0.717, 1.165) is 5.56 Å². The molecule has 5 heteroatoms. The van der Waals surface area contributed by atoms with Gasteiger partial charge in [0.1, 0.15) is 6.61 Å². The summed E-state index contributed by atoms with van der Waals surface area (Å²) in [5, 5.41) is 18.9. The molecule has 1 aromatic rings.